The van der Waals surface area contributed by atoms with Gasteiger partial charge in [-0.05, 0) is 37.8 Å². The summed E-state index contributed by atoms with van der Waals surface area (Å²) in [5, 5.41) is 3.86. The molecule has 0 aliphatic carbocycles. The maximum atomic E-state index is 13.6. The van der Waals surface area contributed by atoms with Gasteiger partial charge >= 0.3 is 6.18 Å². The number of aryl methyl sites for hydroxylation is 2. The Balaban J connectivity index is 1.55. The average molecular weight is 417 g/mol. The topological polar surface area (TPSA) is 59.2 Å². The fraction of sp³-hybridized carbons (Fsp3) is 0.409. The highest BCUT2D eigenvalue weighted by molar-refractivity contribution is 5.82. The van der Waals surface area contributed by atoms with Gasteiger partial charge in [-0.25, -0.2) is 4.98 Å². The third kappa shape index (κ3) is 4.17. The largest absolute Gasteiger partial charge is 0.417 e. The fourth-order valence-corrected chi connectivity index (χ4v) is 4.08. The number of likely N-dealkylation sites (tertiary alicyclic amines) is 1. The van der Waals surface area contributed by atoms with E-state index in [9.17, 15) is 18.0 Å². The minimum Gasteiger partial charge on any atom is -0.342 e. The van der Waals surface area contributed by atoms with Crippen LogP contribution in [0, 0.1) is 6.92 Å². The van der Waals surface area contributed by atoms with Crippen molar-refractivity contribution in [2.24, 2.45) is 0 Å². The number of halogens is 3. The molecule has 30 heavy (non-hydrogen) atoms. The maximum absolute atomic E-state index is 13.6. The highest BCUT2D eigenvalue weighted by Gasteiger charge is 2.38. The first-order chi connectivity index (χ1) is 14.3. The lowest BCUT2D eigenvalue weighted by atomic mass is 9.91. The van der Waals surface area contributed by atoms with E-state index in [0.29, 0.717) is 38.8 Å². The molecule has 0 N–H and O–H groups in total. The number of pyridine rings is 1. The van der Waals surface area contributed by atoms with E-state index in [1.54, 1.807) is 4.90 Å². The van der Waals surface area contributed by atoms with Crippen molar-refractivity contribution in [3.05, 3.63) is 58.9 Å². The first kappa shape index (κ1) is 20.4. The van der Waals surface area contributed by atoms with E-state index < -0.39 is 11.7 Å². The third-order valence-electron chi connectivity index (χ3n) is 5.54. The van der Waals surface area contributed by atoms with Crippen LogP contribution in [-0.2, 0) is 17.4 Å². The molecule has 1 atom stereocenters. The smallest absolute Gasteiger partial charge is 0.342 e. The van der Waals surface area contributed by atoms with E-state index in [1.807, 2.05) is 30.3 Å². The van der Waals surface area contributed by atoms with Gasteiger partial charge in [0.2, 0.25) is 5.91 Å². The Morgan fingerprint density at radius 2 is 2.03 bits per heavy atom. The average Bonchev–Trinajstić information content (AvgIpc) is 3.15. The molecular weight excluding hydrogens is 395 g/mol. The highest BCUT2D eigenvalue weighted by Crippen LogP contribution is 2.40. The second-order valence-corrected chi connectivity index (χ2v) is 7.72. The molecule has 1 aromatic carbocycles. The van der Waals surface area contributed by atoms with Gasteiger partial charge in [-0.15, -0.1) is 0 Å². The molecule has 1 amide bonds. The van der Waals surface area contributed by atoms with E-state index >= 15 is 0 Å². The summed E-state index contributed by atoms with van der Waals surface area (Å²) in [5.74, 6) is -0.312. The first-order valence-electron chi connectivity index (χ1n) is 9.98. The lowest BCUT2D eigenvalue weighted by Crippen LogP contribution is -2.39. The predicted molar refractivity (Wildman–Crippen MR) is 105 cm³/mol. The van der Waals surface area contributed by atoms with Gasteiger partial charge in [-0.3, -0.25) is 4.79 Å². The molecule has 1 saturated heterocycles. The number of hydrogen-bond acceptors (Lipinski definition) is 4. The van der Waals surface area contributed by atoms with Gasteiger partial charge in [0, 0.05) is 31.1 Å². The summed E-state index contributed by atoms with van der Waals surface area (Å²) in [7, 11) is 0. The van der Waals surface area contributed by atoms with Crippen molar-refractivity contribution >= 4 is 17.0 Å². The van der Waals surface area contributed by atoms with Gasteiger partial charge < -0.3 is 9.42 Å². The summed E-state index contributed by atoms with van der Waals surface area (Å²) >= 11 is 0. The van der Waals surface area contributed by atoms with Gasteiger partial charge in [-0.1, -0.05) is 35.5 Å². The van der Waals surface area contributed by atoms with Gasteiger partial charge in [0.05, 0.1) is 16.6 Å². The molecule has 5 nitrogen and oxygen atoms in total. The van der Waals surface area contributed by atoms with Crippen molar-refractivity contribution in [2.75, 3.05) is 13.1 Å². The summed E-state index contributed by atoms with van der Waals surface area (Å²) in [5.41, 5.74) is 0.654. The summed E-state index contributed by atoms with van der Waals surface area (Å²) in [4.78, 5) is 18.5. The van der Waals surface area contributed by atoms with Crippen molar-refractivity contribution in [1.82, 2.24) is 15.0 Å². The number of nitrogens with zero attached hydrogens (tertiary/aromatic N) is 3. The SMILES string of the molecule is Cc1cc(C(F)(F)F)c2c([C@@H]3CCCN(C(=O)CCc4ccccc4)C3)noc2n1. The standard InChI is InChI=1S/C22H22F3N3O2/c1-14-12-17(22(23,24)25)19-20(27-30-21(19)26-14)16-8-5-11-28(13-16)18(29)10-9-15-6-3-2-4-7-15/h2-4,6-7,12,16H,5,8-11,13H2,1H3/t16-/m1/s1. The molecule has 2 aromatic heterocycles. The number of alkyl halides is 3. The zero-order chi connectivity index (χ0) is 21.3. The lowest BCUT2D eigenvalue weighted by molar-refractivity contribution is -0.136. The van der Waals surface area contributed by atoms with Crippen LogP contribution < -0.4 is 0 Å². The third-order valence-corrected chi connectivity index (χ3v) is 5.54. The number of benzene rings is 1. The number of carbonyl (C=O) groups is 1. The summed E-state index contributed by atoms with van der Waals surface area (Å²) in [6.07, 6.45) is -2.18. The number of piperidine rings is 1. The molecule has 1 aliphatic heterocycles. The minimum atomic E-state index is -4.54. The first-order valence-corrected chi connectivity index (χ1v) is 9.98. The van der Waals surface area contributed by atoms with E-state index in [4.69, 9.17) is 4.52 Å². The Kier molecular flexibility index (Phi) is 5.49. The lowest BCUT2D eigenvalue weighted by Gasteiger charge is -2.32. The number of carbonyl (C=O) groups excluding carboxylic acids is 1. The minimum absolute atomic E-state index is 0.00127. The van der Waals surface area contributed by atoms with Crippen LogP contribution in [0.5, 0.6) is 0 Å². The summed E-state index contributed by atoms with van der Waals surface area (Å²) < 4.78 is 46.0. The molecule has 158 valence electrons. The van der Waals surface area contributed by atoms with Crippen molar-refractivity contribution < 1.29 is 22.5 Å². The number of amides is 1. The second kappa shape index (κ2) is 8.08. The van der Waals surface area contributed by atoms with E-state index in [-0.39, 0.29) is 34.3 Å². The van der Waals surface area contributed by atoms with Crippen molar-refractivity contribution in [1.29, 1.82) is 0 Å². The highest BCUT2D eigenvalue weighted by atomic mass is 19.4. The van der Waals surface area contributed by atoms with Crippen LogP contribution >= 0.6 is 0 Å². The molecule has 8 heteroatoms. The maximum Gasteiger partial charge on any atom is 0.417 e. The van der Waals surface area contributed by atoms with Gasteiger partial charge in [0.1, 0.15) is 0 Å². The Labute approximate surface area is 171 Å². The molecule has 0 saturated carbocycles. The molecule has 0 radical (unpaired) electrons. The van der Waals surface area contributed by atoms with Gasteiger partial charge in [0.25, 0.3) is 5.71 Å². The number of rotatable bonds is 4. The summed E-state index contributed by atoms with van der Waals surface area (Å²) in [6, 6.07) is 10.8. The Morgan fingerprint density at radius 3 is 2.77 bits per heavy atom. The molecule has 0 bridgehead atoms. The molecule has 3 aromatic rings. The van der Waals surface area contributed by atoms with Gasteiger partial charge in [0.15, 0.2) is 0 Å². The summed E-state index contributed by atoms with van der Waals surface area (Å²) in [6.45, 7) is 2.43. The number of hydrogen-bond donors (Lipinski definition) is 0. The van der Waals surface area contributed by atoms with Crippen LogP contribution in [0.4, 0.5) is 13.2 Å². The Morgan fingerprint density at radius 1 is 1.27 bits per heavy atom. The van der Waals surface area contributed by atoms with Crippen LogP contribution in [0.25, 0.3) is 11.1 Å². The molecule has 1 aliphatic rings. The van der Waals surface area contributed by atoms with Crippen molar-refractivity contribution in [2.45, 2.75) is 44.7 Å². The second-order valence-electron chi connectivity index (χ2n) is 7.72. The quantitative estimate of drug-likeness (QED) is 0.607. The molecule has 0 spiro atoms. The van der Waals surface area contributed by atoms with Crippen LogP contribution in [0.3, 0.4) is 0 Å². The number of fused-ring (bicyclic) bond motifs is 1. The Bertz CT molecular complexity index is 1050. The van der Waals surface area contributed by atoms with E-state index in [0.717, 1.165) is 11.6 Å². The molecule has 1 fully saturated rings. The van der Waals surface area contributed by atoms with E-state index in [2.05, 4.69) is 10.1 Å². The zero-order valence-corrected chi connectivity index (χ0v) is 16.6. The predicted octanol–water partition coefficient (Wildman–Crippen LogP) is 4.89. The van der Waals surface area contributed by atoms with Crippen LogP contribution in [0.15, 0.2) is 40.9 Å². The van der Waals surface area contributed by atoms with Crippen molar-refractivity contribution in [3.63, 3.8) is 0 Å². The molecule has 4 rings (SSSR count). The van der Waals surface area contributed by atoms with Crippen LogP contribution in [0.2, 0.25) is 0 Å². The zero-order valence-electron chi connectivity index (χ0n) is 16.6. The molecule has 3 heterocycles. The number of aromatic nitrogens is 2. The Hall–Kier alpha value is -2.90. The van der Waals surface area contributed by atoms with Crippen molar-refractivity contribution in [3.8, 4) is 0 Å². The molecular formula is C22H22F3N3O2. The fourth-order valence-electron chi connectivity index (χ4n) is 4.08. The monoisotopic (exact) mass is 417 g/mol. The van der Waals surface area contributed by atoms with E-state index in [1.165, 1.54) is 6.92 Å². The van der Waals surface area contributed by atoms with Crippen LogP contribution in [-0.4, -0.2) is 34.0 Å². The normalized spacial score (nSPS) is 17.5. The van der Waals surface area contributed by atoms with Crippen LogP contribution in [0.1, 0.15) is 47.7 Å². The molecule has 0 unspecified atom stereocenters. The van der Waals surface area contributed by atoms with Gasteiger partial charge in [-0.2, -0.15) is 13.2 Å².